The third-order valence-electron chi connectivity index (χ3n) is 8.03. The molecule has 0 amide bonds. The lowest BCUT2D eigenvalue weighted by atomic mass is 9.75. The van der Waals surface area contributed by atoms with Gasteiger partial charge in [-0.05, 0) is 73.3 Å². The van der Waals surface area contributed by atoms with E-state index < -0.39 is 13.4 Å². The first kappa shape index (κ1) is 28.5. The van der Waals surface area contributed by atoms with E-state index in [9.17, 15) is 9.67 Å². The van der Waals surface area contributed by atoms with Gasteiger partial charge in [0.1, 0.15) is 0 Å². The highest BCUT2D eigenvalue weighted by Crippen LogP contribution is 2.65. The van der Waals surface area contributed by atoms with Crippen LogP contribution in [0.1, 0.15) is 91.5 Å². The molecule has 7 atom stereocenters. The lowest BCUT2D eigenvalue weighted by molar-refractivity contribution is -0.0153. The van der Waals surface area contributed by atoms with Crippen molar-refractivity contribution in [3.8, 4) is 0 Å². The average molecular weight is 534 g/mol. The molecule has 7 heteroatoms. The number of hydrogen-bond donors (Lipinski definition) is 1. The van der Waals surface area contributed by atoms with Crippen LogP contribution in [0.4, 0.5) is 0 Å². The van der Waals surface area contributed by atoms with E-state index in [1.165, 1.54) is 0 Å². The third kappa shape index (κ3) is 6.81. The molecule has 34 heavy (non-hydrogen) atoms. The zero-order valence-corrected chi connectivity index (χ0v) is 24.0. The first-order valence-corrected chi connectivity index (χ1v) is 15.4. The highest BCUT2D eigenvalue weighted by molar-refractivity contribution is 7.54. The molecule has 0 radical (unpaired) electrons. The van der Waals surface area contributed by atoms with Crippen molar-refractivity contribution in [2.45, 2.75) is 98.1 Å². The van der Waals surface area contributed by atoms with Gasteiger partial charge in [-0.15, -0.1) is 0 Å². The van der Waals surface area contributed by atoms with E-state index in [1.54, 1.807) is 18.2 Å². The van der Waals surface area contributed by atoms with Crippen molar-refractivity contribution >= 4 is 30.8 Å². The third-order valence-corrected chi connectivity index (χ3v) is 10.6. The molecular weight excluding hydrogens is 490 g/mol. The van der Waals surface area contributed by atoms with E-state index >= 15 is 0 Å². The van der Waals surface area contributed by atoms with Crippen molar-refractivity contribution < 1.29 is 18.7 Å². The first-order valence-electron chi connectivity index (χ1n) is 13.0. The number of hydrogen-bond acceptors (Lipinski definition) is 4. The molecular formula is C27H43Cl2O4P. The summed E-state index contributed by atoms with van der Waals surface area (Å²) >= 11 is 12.5. The molecule has 0 bridgehead atoms. The van der Waals surface area contributed by atoms with E-state index in [2.05, 4.69) is 41.5 Å². The Morgan fingerprint density at radius 2 is 1.35 bits per heavy atom. The standard InChI is InChI=1S/C27H43Cl2O4P/c1-16(2)21-10-7-18(5)13-25(21)32-34(31,27(30)23-12-9-20(28)15-24(23)29)33-26-14-19(6)8-11-22(26)17(3)4/h9,12,15-19,21-22,25-27,30H,7-8,10-11,13-14H2,1-6H3/t18-,19-,21-,22-,25-,26-,27+/m1/s1. The summed E-state index contributed by atoms with van der Waals surface area (Å²) < 4.78 is 27.6. The normalized spacial score (nSPS) is 31.7. The maximum absolute atomic E-state index is 14.7. The smallest absolute Gasteiger partial charge is 0.364 e. The van der Waals surface area contributed by atoms with E-state index in [-0.39, 0.29) is 29.1 Å². The van der Waals surface area contributed by atoms with Gasteiger partial charge >= 0.3 is 7.60 Å². The molecule has 2 aliphatic rings. The predicted octanol–water partition coefficient (Wildman–Crippen LogP) is 9.13. The number of benzene rings is 1. The maximum Gasteiger partial charge on any atom is 0.364 e. The van der Waals surface area contributed by atoms with Gasteiger partial charge in [-0.2, -0.15) is 0 Å². The molecule has 0 spiro atoms. The molecule has 4 nitrogen and oxygen atoms in total. The summed E-state index contributed by atoms with van der Waals surface area (Å²) in [6, 6.07) is 4.84. The van der Waals surface area contributed by atoms with Crippen LogP contribution in [0.25, 0.3) is 0 Å². The summed E-state index contributed by atoms with van der Waals surface area (Å²) in [7, 11) is -3.99. The molecule has 3 rings (SSSR count). The maximum atomic E-state index is 14.7. The Balaban J connectivity index is 1.98. The van der Waals surface area contributed by atoms with Crippen LogP contribution in [0.3, 0.4) is 0 Å². The zero-order valence-electron chi connectivity index (χ0n) is 21.5. The quantitative estimate of drug-likeness (QED) is 0.339. The number of aliphatic hydroxyl groups is 1. The highest BCUT2D eigenvalue weighted by Gasteiger charge is 2.46. The Morgan fingerprint density at radius 3 is 1.76 bits per heavy atom. The van der Waals surface area contributed by atoms with Gasteiger partial charge in [-0.25, -0.2) is 0 Å². The van der Waals surface area contributed by atoms with Crippen molar-refractivity contribution in [2.75, 3.05) is 0 Å². The van der Waals surface area contributed by atoms with E-state index in [0.29, 0.717) is 34.3 Å². The second-order valence-corrected chi connectivity index (χ2v) is 14.4. The minimum Gasteiger partial charge on any atom is -0.376 e. The van der Waals surface area contributed by atoms with E-state index in [4.69, 9.17) is 32.2 Å². The van der Waals surface area contributed by atoms with Gasteiger partial charge in [0.2, 0.25) is 0 Å². The van der Waals surface area contributed by atoms with Crippen molar-refractivity contribution in [3.63, 3.8) is 0 Å². The molecule has 2 aliphatic carbocycles. The van der Waals surface area contributed by atoms with Crippen molar-refractivity contribution in [2.24, 2.45) is 35.5 Å². The Kier molecular flexibility index (Phi) is 10.0. The lowest BCUT2D eigenvalue weighted by Crippen LogP contribution is -2.37. The average Bonchev–Trinajstić information content (AvgIpc) is 2.73. The van der Waals surface area contributed by atoms with Crippen LogP contribution in [-0.2, 0) is 13.6 Å². The second-order valence-electron chi connectivity index (χ2n) is 11.5. The van der Waals surface area contributed by atoms with Crippen LogP contribution < -0.4 is 0 Å². The topological polar surface area (TPSA) is 55.8 Å². The Morgan fingerprint density at radius 1 is 0.882 bits per heavy atom. The SMILES string of the molecule is CC(C)[C@H]1CC[C@@H](C)C[C@H]1OP(=O)(O[C@@H]1C[C@H](C)CC[C@@H]1C(C)C)[C@H](O)c1ccc(Cl)cc1Cl. The summed E-state index contributed by atoms with van der Waals surface area (Å²) in [6.45, 7) is 13.2. The predicted molar refractivity (Wildman–Crippen MR) is 141 cm³/mol. The van der Waals surface area contributed by atoms with Crippen molar-refractivity contribution in [1.29, 1.82) is 0 Å². The minimum atomic E-state index is -3.99. The van der Waals surface area contributed by atoms with E-state index in [1.807, 2.05) is 0 Å². The molecule has 0 aliphatic heterocycles. The van der Waals surface area contributed by atoms with Crippen LogP contribution in [0.5, 0.6) is 0 Å². The molecule has 0 saturated heterocycles. The summed E-state index contributed by atoms with van der Waals surface area (Å²) in [5, 5.41) is 12.2. The van der Waals surface area contributed by atoms with Crippen LogP contribution in [0.2, 0.25) is 10.0 Å². The summed E-state index contributed by atoms with van der Waals surface area (Å²) in [6.07, 6.45) is 5.48. The van der Waals surface area contributed by atoms with Gasteiger partial charge in [0.05, 0.1) is 12.2 Å². The molecule has 194 valence electrons. The molecule has 2 fully saturated rings. The van der Waals surface area contributed by atoms with Crippen LogP contribution >= 0.6 is 30.8 Å². The van der Waals surface area contributed by atoms with E-state index in [0.717, 1.165) is 38.5 Å². The number of rotatable bonds is 8. The second kappa shape index (κ2) is 12.0. The Labute approximate surface area is 216 Å². The fraction of sp³-hybridized carbons (Fsp3) is 0.778. The molecule has 1 aromatic rings. The fourth-order valence-corrected chi connectivity index (χ4v) is 8.54. The number of aliphatic hydroxyl groups excluding tert-OH is 1. The molecule has 0 aromatic heterocycles. The Bertz CT molecular complexity index is 823. The first-order chi connectivity index (χ1) is 15.9. The Hall–Kier alpha value is -0.0900. The van der Waals surface area contributed by atoms with Gasteiger partial charge in [-0.1, -0.05) is 83.7 Å². The molecule has 0 unspecified atom stereocenters. The monoisotopic (exact) mass is 532 g/mol. The largest absolute Gasteiger partial charge is 0.376 e. The summed E-state index contributed by atoms with van der Waals surface area (Å²) in [5.74, 6) is 0.804. The van der Waals surface area contributed by atoms with Gasteiger partial charge in [0.15, 0.2) is 5.85 Å². The van der Waals surface area contributed by atoms with Crippen molar-refractivity contribution in [1.82, 2.24) is 0 Å². The number of halogens is 2. The van der Waals surface area contributed by atoms with Crippen LogP contribution in [0, 0.1) is 35.5 Å². The molecule has 0 heterocycles. The lowest BCUT2D eigenvalue weighted by Gasteiger charge is -2.42. The van der Waals surface area contributed by atoms with Gasteiger partial charge in [0.25, 0.3) is 0 Å². The molecule has 2 saturated carbocycles. The van der Waals surface area contributed by atoms with Crippen LogP contribution in [-0.4, -0.2) is 17.3 Å². The van der Waals surface area contributed by atoms with Gasteiger partial charge in [-0.3, -0.25) is 4.57 Å². The van der Waals surface area contributed by atoms with Crippen LogP contribution in [0.15, 0.2) is 18.2 Å². The highest BCUT2D eigenvalue weighted by atomic mass is 35.5. The molecule has 1 N–H and O–H groups in total. The summed E-state index contributed by atoms with van der Waals surface area (Å²) in [5.41, 5.74) is 0.337. The fourth-order valence-electron chi connectivity index (χ4n) is 5.87. The van der Waals surface area contributed by atoms with Crippen molar-refractivity contribution in [3.05, 3.63) is 33.8 Å². The zero-order chi connectivity index (χ0) is 25.2. The van der Waals surface area contributed by atoms with Gasteiger partial charge < -0.3 is 14.2 Å². The van der Waals surface area contributed by atoms with Gasteiger partial charge in [0, 0.05) is 15.6 Å². The summed E-state index contributed by atoms with van der Waals surface area (Å²) in [4.78, 5) is 0. The molecule has 1 aromatic carbocycles. The minimum absolute atomic E-state index is 0.228.